The number of imidazole rings is 1. The number of hydrogen-bond donors (Lipinski definition) is 2. The fourth-order valence-electron chi connectivity index (χ4n) is 2.88. The first-order chi connectivity index (χ1) is 14.0. The van der Waals surface area contributed by atoms with Gasteiger partial charge in [-0.15, -0.1) is 0 Å². The molecule has 0 aliphatic carbocycles. The second-order valence-corrected chi connectivity index (χ2v) is 7.58. The number of rotatable bonds is 5. The zero-order chi connectivity index (χ0) is 20.4. The number of benzene rings is 2. The average Bonchev–Trinajstić information content (AvgIpc) is 3.04. The van der Waals surface area contributed by atoms with Crippen molar-refractivity contribution in [3.8, 4) is 11.5 Å². The van der Waals surface area contributed by atoms with Gasteiger partial charge in [-0.05, 0) is 65.1 Å². The van der Waals surface area contributed by atoms with Crippen LogP contribution in [0.25, 0.3) is 11.0 Å². The second kappa shape index (κ2) is 8.08. The van der Waals surface area contributed by atoms with Crippen molar-refractivity contribution >= 4 is 51.2 Å². The van der Waals surface area contributed by atoms with Gasteiger partial charge in [-0.2, -0.15) is 0 Å². The van der Waals surface area contributed by atoms with E-state index < -0.39 is 0 Å². The van der Waals surface area contributed by atoms with Gasteiger partial charge in [-0.3, -0.25) is 9.78 Å². The summed E-state index contributed by atoms with van der Waals surface area (Å²) in [5.74, 6) is 1.64. The Balaban J connectivity index is 1.59. The molecule has 4 aromatic rings. The molecule has 0 bridgehead atoms. The number of carbonyl (C=O) groups excluding carboxylic acids is 1. The summed E-state index contributed by atoms with van der Waals surface area (Å²) in [4.78, 5) is 20.5. The van der Waals surface area contributed by atoms with Crippen molar-refractivity contribution < 1.29 is 9.53 Å². The molecular formula is C21H18IN5O2. The van der Waals surface area contributed by atoms with Gasteiger partial charge in [0.15, 0.2) is 0 Å². The van der Waals surface area contributed by atoms with Gasteiger partial charge in [-0.25, -0.2) is 4.98 Å². The van der Waals surface area contributed by atoms with E-state index in [0.717, 1.165) is 22.7 Å². The van der Waals surface area contributed by atoms with Crippen molar-refractivity contribution in [1.29, 1.82) is 0 Å². The maximum absolute atomic E-state index is 11.8. The number of pyridine rings is 1. The third-order valence-corrected chi connectivity index (χ3v) is 5.10. The van der Waals surface area contributed by atoms with E-state index in [1.54, 1.807) is 25.4 Å². The van der Waals surface area contributed by atoms with E-state index >= 15 is 0 Å². The predicted octanol–water partition coefficient (Wildman–Crippen LogP) is 4.47. The maximum Gasteiger partial charge on any atom is 0.269 e. The van der Waals surface area contributed by atoms with Gasteiger partial charge in [0.25, 0.3) is 5.91 Å². The number of anilines is 2. The zero-order valence-corrected chi connectivity index (χ0v) is 18.0. The van der Waals surface area contributed by atoms with Crippen LogP contribution in [0.1, 0.15) is 10.5 Å². The molecule has 0 radical (unpaired) electrons. The molecule has 4 rings (SSSR count). The van der Waals surface area contributed by atoms with E-state index in [-0.39, 0.29) is 5.91 Å². The first-order valence-corrected chi connectivity index (χ1v) is 9.96. The molecule has 7 nitrogen and oxygen atoms in total. The number of halogens is 1. The number of fused-ring (bicyclic) bond motifs is 1. The van der Waals surface area contributed by atoms with Gasteiger partial charge in [0.1, 0.15) is 17.2 Å². The van der Waals surface area contributed by atoms with Crippen LogP contribution in [0, 0.1) is 3.57 Å². The van der Waals surface area contributed by atoms with Gasteiger partial charge in [0.2, 0.25) is 5.95 Å². The largest absolute Gasteiger partial charge is 0.457 e. The molecule has 0 unspecified atom stereocenters. The first kappa shape index (κ1) is 19.2. The van der Waals surface area contributed by atoms with Crippen molar-refractivity contribution in [2.75, 3.05) is 12.4 Å². The molecule has 0 spiro atoms. The Hall–Kier alpha value is -3.14. The van der Waals surface area contributed by atoms with Gasteiger partial charge in [0.05, 0.1) is 11.0 Å². The highest BCUT2D eigenvalue weighted by Crippen LogP contribution is 2.28. The van der Waals surface area contributed by atoms with E-state index in [2.05, 4.69) is 43.2 Å². The Kier molecular flexibility index (Phi) is 5.34. The van der Waals surface area contributed by atoms with Gasteiger partial charge >= 0.3 is 0 Å². The van der Waals surface area contributed by atoms with Crippen LogP contribution in [0.4, 0.5) is 11.6 Å². The monoisotopic (exact) mass is 499 g/mol. The molecule has 2 aromatic carbocycles. The van der Waals surface area contributed by atoms with E-state index in [1.165, 1.54) is 3.57 Å². The van der Waals surface area contributed by atoms with Crippen molar-refractivity contribution in [1.82, 2.24) is 19.9 Å². The summed E-state index contributed by atoms with van der Waals surface area (Å²) >= 11 is 2.28. The lowest BCUT2D eigenvalue weighted by Gasteiger charge is -2.07. The van der Waals surface area contributed by atoms with Crippen LogP contribution < -0.4 is 15.4 Å². The number of hydrogen-bond acceptors (Lipinski definition) is 5. The van der Waals surface area contributed by atoms with Crippen LogP contribution in [0.2, 0.25) is 0 Å². The summed E-state index contributed by atoms with van der Waals surface area (Å²) in [6.45, 7) is 0. The van der Waals surface area contributed by atoms with Crippen LogP contribution >= 0.6 is 22.6 Å². The normalized spacial score (nSPS) is 10.7. The van der Waals surface area contributed by atoms with Crippen LogP contribution in [0.15, 0.2) is 60.8 Å². The summed E-state index contributed by atoms with van der Waals surface area (Å²) in [5.41, 5.74) is 3.05. The predicted molar refractivity (Wildman–Crippen MR) is 121 cm³/mol. The number of aromatic nitrogens is 3. The minimum Gasteiger partial charge on any atom is -0.457 e. The standard InChI is InChI=1S/C21H18IN5O2/c1-23-20(28)18-12-16(9-10-24-18)29-15-7-8-19-17(11-15)26-21(27(19)2)25-14-5-3-13(22)4-6-14/h3-12H,1-2H3,(H,23,28)(H,25,26). The van der Waals surface area contributed by atoms with Crippen LogP contribution in [-0.2, 0) is 7.05 Å². The molecule has 1 amide bonds. The molecule has 0 aliphatic heterocycles. The smallest absolute Gasteiger partial charge is 0.269 e. The summed E-state index contributed by atoms with van der Waals surface area (Å²) in [5, 5.41) is 5.89. The molecule has 2 N–H and O–H groups in total. The SMILES string of the molecule is CNC(=O)c1cc(Oc2ccc3c(c2)nc(Nc2ccc(I)cc2)n3C)ccn1. The van der Waals surface area contributed by atoms with Crippen molar-refractivity contribution in [2.24, 2.45) is 7.05 Å². The molecule has 0 atom stereocenters. The number of ether oxygens (including phenoxy) is 1. The number of aryl methyl sites for hydroxylation is 1. The molecule has 0 saturated heterocycles. The van der Waals surface area contributed by atoms with Crippen LogP contribution in [-0.4, -0.2) is 27.5 Å². The fraction of sp³-hybridized carbons (Fsp3) is 0.0952. The highest BCUT2D eigenvalue weighted by Gasteiger charge is 2.11. The van der Waals surface area contributed by atoms with Crippen molar-refractivity contribution in [3.05, 3.63) is 70.1 Å². The Morgan fingerprint density at radius 3 is 2.59 bits per heavy atom. The van der Waals surface area contributed by atoms with E-state index in [1.807, 2.05) is 54.1 Å². The minimum atomic E-state index is -0.262. The van der Waals surface area contributed by atoms with Crippen LogP contribution in [0.5, 0.6) is 11.5 Å². The van der Waals surface area contributed by atoms with Crippen molar-refractivity contribution in [3.63, 3.8) is 0 Å². The van der Waals surface area contributed by atoms with E-state index in [0.29, 0.717) is 17.2 Å². The van der Waals surface area contributed by atoms with Gasteiger partial charge < -0.3 is 19.9 Å². The first-order valence-electron chi connectivity index (χ1n) is 8.88. The summed E-state index contributed by atoms with van der Waals surface area (Å²) in [6, 6.07) is 17.1. The lowest BCUT2D eigenvalue weighted by molar-refractivity contribution is 0.0958. The highest BCUT2D eigenvalue weighted by atomic mass is 127. The molecule has 146 valence electrons. The third kappa shape index (κ3) is 4.16. The molecule has 0 saturated carbocycles. The van der Waals surface area contributed by atoms with Crippen molar-refractivity contribution in [2.45, 2.75) is 0 Å². The summed E-state index contributed by atoms with van der Waals surface area (Å²) in [6.07, 6.45) is 1.54. The molecule has 0 fully saturated rings. The molecular weight excluding hydrogens is 481 g/mol. The number of nitrogens with one attached hydrogen (secondary N) is 2. The maximum atomic E-state index is 11.8. The Labute approximate surface area is 181 Å². The number of carbonyl (C=O) groups is 1. The zero-order valence-electron chi connectivity index (χ0n) is 15.8. The summed E-state index contributed by atoms with van der Waals surface area (Å²) < 4.78 is 9.08. The third-order valence-electron chi connectivity index (χ3n) is 4.38. The topological polar surface area (TPSA) is 81.1 Å². The Bertz CT molecular complexity index is 1190. The second-order valence-electron chi connectivity index (χ2n) is 6.33. The van der Waals surface area contributed by atoms with E-state index in [4.69, 9.17) is 4.74 Å². The fourth-order valence-corrected chi connectivity index (χ4v) is 3.24. The van der Waals surface area contributed by atoms with E-state index in [9.17, 15) is 4.79 Å². The lowest BCUT2D eigenvalue weighted by atomic mass is 10.3. The Morgan fingerprint density at radius 1 is 1.07 bits per heavy atom. The number of amides is 1. The quantitative estimate of drug-likeness (QED) is 0.397. The highest BCUT2D eigenvalue weighted by molar-refractivity contribution is 14.1. The average molecular weight is 499 g/mol. The molecule has 0 aliphatic rings. The summed E-state index contributed by atoms with van der Waals surface area (Å²) in [7, 11) is 3.53. The Morgan fingerprint density at radius 2 is 1.83 bits per heavy atom. The lowest BCUT2D eigenvalue weighted by Crippen LogP contribution is -2.18. The molecule has 2 aromatic heterocycles. The van der Waals surface area contributed by atoms with Gasteiger partial charge in [0, 0.05) is 41.7 Å². The van der Waals surface area contributed by atoms with Crippen LogP contribution in [0.3, 0.4) is 0 Å². The molecule has 29 heavy (non-hydrogen) atoms. The molecule has 2 heterocycles. The molecule has 8 heteroatoms. The minimum absolute atomic E-state index is 0.262. The number of nitrogens with zero attached hydrogens (tertiary/aromatic N) is 3. The van der Waals surface area contributed by atoms with Gasteiger partial charge in [-0.1, -0.05) is 0 Å².